The Morgan fingerprint density at radius 3 is 2.52 bits per heavy atom. The Bertz CT molecular complexity index is 1210. The summed E-state index contributed by atoms with van der Waals surface area (Å²) in [5, 5.41) is 3.45. The van der Waals surface area contributed by atoms with Crippen LogP contribution in [0.15, 0.2) is 77.3 Å². The van der Waals surface area contributed by atoms with Crippen molar-refractivity contribution in [2.45, 2.75) is 12.8 Å². The topological polar surface area (TPSA) is 64.1 Å². The van der Waals surface area contributed by atoms with Gasteiger partial charge in [-0.1, -0.05) is 64.5 Å². The van der Waals surface area contributed by atoms with Crippen LogP contribution in [0.2, 0.25) is 0 Å². The number of methoxy groups -OCH3 is 1. The predicted octanol–water partition coefficient (Wildman–Crippen LogP) is 5.89. The minimum absolute atomic E-state index is 0.390. The number of anilines is 1. The maximum atomic E-state index is 11.9. The number of halogens is 1. The molecule has 5 nitrogen and oxygen atoms in total. The lowest BCUT2D eigenvalue weighted by Gasteiger charge is -2.13. The molecule has 4 aromatic rings. The highest BCUT2D eigenvalue weighted by Gasteiger charge is 2.13. The Morgan fingerprint density at radius 2 is 1.74 bits per heavy atom. The number of hydrogen-bond donors (Lipinski definition) is 1. The molecule has 0 aliphatic carbocycles. The maximum absolute atomic E-state index is 11.9. The molecule has 0 amide bonds. The fraction of sp³-hybridized carbons (Fsp3) is 0.160. The van der Waals surface area contributed by atoms with E-state index in [2.05, 4.69) is 39.4 Å². The third-order valence-corrected chi connectivity index (χ3v) is 5.78. The van der Waals surface area contributed by atoms with Crippen molar-refractivity contribution < 1.29 is 9.53 Å². The van der Waals surface area contributed by atoms with Gasteiger partial charge in [0.2, 0.25) is 0 Å². The Kier molecular flexibility index (Phi) is 6.57. The molecule has 0 saturated heterocycles. The number of ether oxygens (including phenoxy) is 1. The molecule has 1 N–H and O–H groups in total. The van der Waals surface area contributed by atoms with Crippen molar-refractivity contribution in [1.82, 2.24) is 9.97 Å². The van der Waals surface area contributed by atoms with Gasteiger partial charge in [-0.05, 0) is 42.7 Å². The minimum atomic E-state index is -0.390. The highest BCUT2D eigenvalue weighted by molar-refractivity contribution is 9.10. The van der Waals surface area contributed by atoms with Crippen LogP contribution < -0.4 is 5.32 Å². The molecule has 0 atom stereocenters. The number of nitrogens with zero attached hydrogens (tertiary/aromatic N) is 2. The van der Waals surface area contributed by atoms with Crippen LogP contribution in [0.4, 0.5) is 5.82 Å². The van der Waals surface area contributed by atoms with Gasteiger partial charge in [0, 0.05) is 16.6 Å². The SMILES string of the molecule is COC(=O)c1ccc2nc(-c3ccccc3)c(NCCCc3ccccc3Br)nc2c1. The van der Waals surface area contributed by atoms with Crippen LogP contribution in [-0.4, -0.2) is 29.6 Å². The van der Waals surface area contributed by atoms with Crippen molar-refractivity contribution in [3.8, 4) is 11.3 Å². The zero-order chi connectivity index (χ0) is 21.6. The third kappa shape index (κ3) is 4.91. The van der Waals surface area contributed by atoms with E-state index in [9.17, 15) is 4.79 Å². The summed E-state index contributed by atoms with van der Waals surface area (Å²) in [6.45, 7) is 0.748. The average molecular weight is 476 g/mol. The largest absolute Gasteiger partial charge is 0.465 e. The van der Waals surface area contributed by atoms with Gasteiger partial charge >= 0.3 is 5.97 Å². The maximum Gasteiger partial charge on any atom is 0.337 e. The standard InChI is InChI=1S/C25H22BrN3O2/c1-31-25(30)19-13-14-21-22(16-19)29-24(23(28-21)18-9-3-2-4-10-18)27-15-7-11-17-8-5-6-12-20(17)26/h2-6,8-10,12-14,16H,7,11,15H2,1H3,(H,27,29). The molecular weight excluding hydrogens is 454 g/mol. The number of fused-ring (bicyclic) bond motifs is 1. The van der Waals surface area contributed by atoms with Gasteiger partial charge in [0.15, 0.2) is 5.82 Å². The average Bonchev–Trinajstić information content (AvgIpc) is 2.82. The van der Waals surface area contributed by atoms with Gasteiger partial charge in [0.05, 0.1) is 23.7 Å². The predicted molar refractivity (Wildman–Crippen MR) is 127 cm³/mol. The first-order valence-electron chi connectivity index (χ1n) is 10.1. The number of aromatic nitrogens is 2. The number of esters is 1. The molecule has 1 heterocycles. The fourth-order valence-electron chi connectivity index (χ4n) is 3.41. The molecule has 1 aromatic heterocycles. The van der Waals surface area contributed by atoms with Crippen LogP contribution in [0.5, 0.6) is 0 Å². The van der Waals surface area contributed by atoms with E-state index in [1.165, 1.54) is 12.7 Å². The summed E-state index contributed by atoms with van der Waals surface area (Å²) in [5.41, 5.74) is 4.89. The van der Waals surface area contributed by atoms with Crippen LogP contribution in [0.3, 0.4) is 0 Å². The van der Waals surface area contributed by atoms with Crippen molar-refractivity contribution in [2.24, 2.45) is 0 Å². The molecule has 31 heavy (non-hydrogen) atoms. The number of benzene rings is 3. The van der Waals surface area contributed by atoms with E-state index in [-0.39, 0.29) is 0 Å². The Hall–Kier alpha value is -3.25. The zero-order valence-electron chi connectivity index (χ0n) is 17.1. The van der Waals surface area contributed by atoms with Gasteiger partial charge in [0.25, 0.3) is 0 Å². The van der Waals surface area contributed by atoms with E-state index in [1.807, 2.05) is 36.4 Å². The van der Waals surface area contributed by atoms with Gasteiger partial charge in [-0.25, -0.2) is 14.8 Å². The van der Waals surface area contributed by atoms with E-state index < -0.39 is 5.97 Å². The summed E-state index contributed by atoms with van der Waals surface area (Å²) in [7, 11) is 1.37. The number of rotatable bonds is 7. The van der Waals surface area contributed by atoms with Crippen molar-refractivity contribution in [3.05, 3.63) is 88.4 Å². The van der Waals surface area contributed by atoms with E-state index in [4.69, 9.17) is 14.7 Å². The van der Waals surface area contributed by atoms with Crippen LogP contribution in [0.25, 0.3) is 22.3 Å². The number of carbonyl (C=O) groups is 1. The van der Waals surface area contributed by atoms with Gasteiger partial charge in [-0.15, -0.1) is 0 Å². The Balaban J connectivity index is 1.62. The first-order valence-corrected chi connectivity index (χ1v) is 10.9. The van der Waals surface area contributed by atoms with E-state index >= 15 is 0 Å². The molecule has 0 spiro atoms. The molecule has 156 valence electrons. The number of hydrogen-bond acceptors (Lipinski definition) is 5. The second-order valence-electron chi connectivity index (χ2n) is 7.10. The second-order valence-corrected chi connectivity index (χ2v) is 7.96. The first kappa shape index (κ1) is 21.0. The normalized spacial score (nSPS) is 10.8. The molecule has 0 bridgehead atoms. The van der Waals surface area contributed by atoms with Crippen molar-refractivity contribution in [1.29, 1.82) is 0 Å². The minimum Gasteiger partial charge on any atom is -0.465 e. The molecule has 0 aliphatic heterocycles. The summed E-state index contributed by atoms with van der Waals surface area (Å²) < 4.78 is 5.96. The second kappa shape index (κ2) is 9.71. The van der Waals surface area contributed by atoms with Crippen LogP contribution in [-0.2, 0) is 11.2 Å². The molecule has 0 aliphatic rings. The fourth-order valence-corrected chi connectivity index (χ4v) is 3.89. The summed E-state index contributed by atoms with van der Waals surface area (Å²) in [6.07, 6.45) is 1.89. The van der Waals surface area contributed by atoms with Crippen LogP contribution in [0.1, 0.15) is 22.3 Å². The monoisotopic (exact) mass is 475 g/mol. The highest BCUT2D eigenvalue weighted by Crippen LogP contribution is 2.27. The summed E-state index contributed by atoms with van der Waals surface area (Å²) in [5.74, 6) is 0.312. The molecule has 0 saturated carbocycles. The molecule has 0 unspecified atom stereocenters. The van der Waals surface area contributed by atoms with Crippen LogP contribution in [0, 0.1) is 0 Å². The number of carbonyl (C=O) groups excluding carboxylic acids is 1. The van der Waals surface area contributed by atoms with Crippen molar-refractivity contribution >= 4 is 38.8 Å². The molecular formula is C25H22BrN3O2. The molecule has 0 fully saturated rings. The molecule has 6 heteroatoms. The Labute approximate surface area is 189 Å². The quantitative estimate of drug-likeness (QED) is 0.266. The number of aryl methyl sites for hydroxylation is 1. The smallest absolute Gasteiger partial charge is 0.337 e. The molecule has 4 rings (SSSR count). The lowest BCUT2D eigenvalue weighted by Crippen LogP contribution is -2.08. The van der Waals surface area contributed by atoms with Crippen LogP contribution >= 0.6 is 15.9 Å². The highest BCUT2D eigenvalue weighted by atomic mass is 79.9. The van der Waals surface area contributed by atoms with E-state index in [0.717, 1.165) is 40.6 Å². The van der Waals surface area contributed by atoms with Crippen molar-refractivity contribution in [3.63, 3.8) is 0 Å². The lowest BCUT2D eigenvalue weighted by atomic mass is 10.1. The van der Waals surface area contributed by atoms with Gasteiger partial charge < -0.3 is 10.1 Å². The van der Waals surface area contributed by atoms with Gasteiger partial charge in [0.1, 0.15) is 5.69 Å². The molecule has 3 aromatic carbocycles. The Morgan fingerprint density at radius 1 is 0.968 bits per heavy atom. The first-order chi connectivity index (χ1) is 15.2. The third-order valence-electron chi connectivity index (χ3n) is 5.01. The summed E-state index contributed by atoms with van der Waals surface area (Å²) in [6, 6.07) is 23.5. The summed E-state index contributed by atoms with van der Waals surface area (Å²) in [4.78, 5) is 21.6. The van der Waals surface area contributed by atoms with Crippen molar-refractivity contribution in [2.75, 3.05) is 19.0 Å². The van der Waals surface area contributed by atoms with Gasteiger partial charge in [-0.2, -0.15) is 0 Å². The zero-order valence-corrected chi connectivity index (χ0v) is 18.7. The van der Waals surface area contributed by atoms with E-state index in [0.29, 0.717) is 16.9 Å². The number of nitrogens with one attached hydrogen (secondary N) is 1. The van der Waals surface area contributed by atoms with Gasteiger partial charge in [-0.3, -0.25) is 0 Å². The molecule has 0 radical (unpaired) electrons. The van der Waals surface area contributed by atoms with E-state index in [1.54, 1.807) is 18.2 Å². The lowest BCUT2D eigenvalue weighted by molar-refractivity contribution is 0.0601. The summed E-state index contributed by atoms with van der Waals surface area (Å²) >= 11 is 3.61.